The Bertz CT molecular complexity index is 1300. The maximum atomic E-state index is 13.1. The number of para-hydroxylation sites is 3. The van der Waals surface area contributed by atoms with E-state index in [1.54, 1.807) is 24.3 Å². The first-order valence-electron chi connectivity index (χ1n) is 9.69. The number of fused-ring (bicyclic) bond motifs is 1. The van der Waals surface area contributed by atoms with Gasteiger partial charge in [-0.1, -0.05) is 24.3 Å². The molecule has 2 amide bonds. The number of ether oxygens (including phenoxy) is 2. The maximum Gasteiger partial charge on any atom is 0.283 e. The van der Waals surface area contributed by atoms with E-state index < -0.39 is 33.8 Å². The molecule has 33 heavy (non-hydrogen) atoms. The summed E-state index contributed by atoms with van der Waals surface area (Å²) in [6.45, 7) is -0.0488. The van der Waals surface area contributed by atoms with Gasteiger partial charge in [0.1, 0.15) is 12.4 Å². The molecule has 1 atom stereocenters. The van der Waals surface area contributed by atoms with E-state index >= 15 is 0 Å². The number of anilines is 1. The molecule has 0 radical (unpaired) electrons. The Hall–Kier alpha value is -4.12. The molecule has 1 unspecified atom stereocenters. The number of sulfonamides is 1. The Morgan fingerprint density at radius 1 is 0.879 bits per heavy atom. The number of benzene rings is 3. The van der Waals surface area contributed by atoms with Gasteiger partial charge in [-0.15, -0.1) is 0 Å². The first kappa shape index (κ1) is 22.1. The van der Waals surface area contributed by atoms with Crippen molar-refractivity contribution in [3.05, 3.63) is 84.2 Å². The molecule has 0 bridgehead atoms. The molecular formula is C22H18FN3O6S. The summed E-state index contributed by atoms with van der Waals surface area (Å²) in [4.78, 5) is 24.9. The minimum atomic E-state index is -4.08. The molecule has 4 rings (SSSR count). The summed E-state index contributed by atoms with van der Waals surface area (Å²) in [5, 5.41) is 0. The fourth-order valence-electron chi connectivity index (χ4n) is 3.00. The van der Waals surface area contributed by atoms with Crippen LogP contribution in [0.3, 0.4) is 0 Å². The summed E-state index contributed by atoms with van der Waals surface area (Å²) in [6.07, 6.45) is -0.993. The second-order valence-electron chi connectivity index (χ2n) is 6.91. The molecule has 3 N–H and O–H groups in total. The molecule has 0 spiro atoms. The molecule has 0 saturated carbocycles. The molecule has 3 aromatic rings. The lowest BCUT2D eigenvalue weighted by molar-refractivity contribution is -0.131. The minimum absolute atomic E-state index is 0.0280. The van der Waals surface area contributed by atoms with E-state index in [9.17, 15) is 22.4 Å². The molecule has 3 aromatic carbocycles. The maximum absolute atomic E-state index is 13.1. The Balaban J connectivity index is 1.42. The van der Waals surface area contributed by atoms with Crippen LogP contribution in [0.5, 0.6) is 11.5 Å². The van der Waals surface area contributed by atoms with Crippen molar-refractivity contribution >= 4 is 27.5 Å². The van der Waals surface area contributed by atoms with E-state index in [0.29, 0.717) is 11.5 Å². The van der Waals surface area contributed by atoms with Crippen molar-refractivity contribution < 1.29 is 31.9 Å². The average molecular weight is 471 g/mol. The second-order valence-corrected chi connectivity index (χ2v) is 8.60. The van der Waals surface area contributed by atoms with Crippen LogP contribution in [-0.2, 0) is 14.8 Å². The number of hydrogen-bond acceptors (Lipinski definition) is 6. The third-order valence-electron chi connectivity index (χ3n) is 4.64. The molecule has 0 aromatic heterocycles. The van der Waals surface area contributed by atoms with Crippen molar-refractivity contribution in [1.82, 2.24) is 10.9 Å². The molecule has 1 aliphatic rings. The third-order valence-corrected chi connectivity index (χ3v) is 6.02. The highest BCUT2D eigenvalue weighted by Crippen LogP contribution is 2.30. The van der Waals surface area contributed by atoms with Crippen LogP contribution in [-0.4, -0.2) is 32.9 Å². The molecular weight excluding hydrogens is 453 g/mol. The first-order valence-corrected chi connectivity index (χ1v) is 11.2. The Labute approximate surface area is 188 Å². The lowest BCUT2D eigenvalue weighted by Crippen LogP contribution is -2.50. The van der Waals surface area contributed by atoms with Crippen LogP contribution in [0.15, 0.2) is 77.7 Å². The van der Waals surface area contributed by atoms with Crippen molar-refractivity contribution in [3.8, 4) is 11.5 Å². The fourth-order valence-corrected chi connectivity index (χ4v) is 4.08. The number of carbonyl (C=O) groups is 2. The standard InChI is InChI=1S/C22H18FN3O6S/c23-14-9-11-15(12-10-14)33(29,30)26-17-6-2-1-5-16(17)21(27)24-25-22(28)20-13-31-18-7-3-4-8-19(18)32-20/h1-12,20,26H,13H2,(H,24,27)(H,25,28). The van der Waals surface area contributed by atoms with Crippen LogP contribution in [0.1, 0.15) is 10.4 Å². The van der Waals surface area contributed by atoms with Gasteiger partial charge < -0.3 is 9.47 Å². The van der Waals surface area contributed by atoms with Crippen molar-refractivity contribution in [1.29, 1.82) is 0 Å². The van der Waals surface area contributed by atoms with Crippen LogP contribution >= 0.6 is 0 Å². The fraction of sp³-hybridized carbons (Fsp3) is 0.0909. The van der Waals surface area contributed by atoms with Crippen molar-refractivity contribution in [3.63, 3.8) is 0 Å². The number of halogens is 1. The van der Waals surface area contributed by atoms with Gasteiger partial charge in [-0.25, -0.2) is 12.8 Å². The SMILES string of the molecule is O=C(NNC(=O)C1COc2ccccc2O1)c1ccccc1NS(=O)(=O)c1ccc(F)cc1. The summed E-state index contributed by atoms with van der Waals surface area (Å²) in [7, 11) is -4.08. The molecule has 1 heterocycles. The highest BCUT2D eigenvalue weighted by atomic mass is 32.2. The summed E-state index contributed by atoms with van der Waals surface area (Å²) in [5.41, 5.74) is 4.41. The number of nitrogens with one attached hydrogen (secondary N) is 3. The Kier molecular flexibility index (Phi) is 6.13. The molecule has 0 fully saturated rings. The van der Waals surface area contributed by atoms with E-state index in [4.69, 9.17) is 9.47 Å². The van der Waals surface area contributed by atoms with E-state index in [0.717, 1.165) is 24.3 Å². The van der Waals surface area contributed by atoms with Gasteiger partial charge in [0.2, 0.25) is 6.10 Å². The van der Waals surface area contributed by atoms with Gasteiger partial charge in [0.15, 0.2) is 11.5 Å². The first-order chi connectivity index (χ1) is 15.8. The zero-order valence-corrected chi connectivity index (χ0v) is 17.8. The van der Waals surface area contributed by atoms with Gasteiger partial charge in [0.05, 0.1) is 16.1 Å². The highest BCUT2D eigenvalue weighted by Gasteiger charge is 2.28. The van der Waals surface area contributed by atoms with Crippen LogP contribution in [0.2, 0.25) is 0 Å². The number of hydrazine groups is 1. The Morgan fingerprint density at radius 2 is 1.55 bits per heavy atom. The normalized spacial score (nSPS) is 14.8. The van der Waals surface area contributed by atoms with Gasteiger partial charge >= 0.3 is 0 Å². The average Bonchev–Trinajstić information content (AvgIpc) is 2.82. The molecule has 9 nitrogen and oxygen atoms in total. The number of rotatable bonds is 5. The number of carbonyl (C=O) groups excluding carboxylic acids is 2. The monoisotopic (exact) mass is 471 g/mol. The quantitative estimate of drug-likeness (QED) is 0.491. The van der Waals surface area contributed by atoms with Gasteiger partial charge in [0.25, 0.3) is 21.8 Å². The number of hydrogen-bond donors (Lipinski definition) is 3. The molecule has 1 aliphatic heterocycles. The van der Waals surface area contributed by atoms with E-state index in [-0.39, 0.29) is 22.8 Å². The van der Waals surface area contributed by atoms with Crippen LogP contribution < -0.4 is 25.0 Å². The predicted molar refractivity (Wildman–Crippen MR) is 116 cm³/mol. The van der Waals surface area contributed by atoms with Gasteiger partial charge in [-0.2, -0.15) is 0 Å². The summed E-state index contributed by atoms with van der Waals surface area (Å²) in [6, 6.07) is 16.9. The molecule has 0 aliphatic carbocycles. The molecule has 0 saturated heterocycles. The van der Waals surface area contributed by atoms with Gasteiger partial charge in [0, 0.05) is 0 Å². The van der Waals surface area contributed by atoms with Crippen LogP contribution in [0, 0.1) is 5.82 Å². The highest BCUT2D eigenvalue weighted by molar-refractivity contribution is 7.92. The minimum Gasteiger partial charge on any atom is -0.485 e. The van der Waals surface area contributed by atoms with Crippen molar-refractivity contribution in [2.75, 3.05) is 11.3 Å². The molecule has 11 heteroatoms. The van der Waals surface area contributed by atoms with Crippen molar-refractivity contribution in [2.45, 2.75) is 11.0 Å². The van der Waals surface area contributed by atoms with E-state index in [1.165, 1.54) is 24.3 Å². The van der Waals surface area contributed by atoms with Gasteiger partial charge in [-0.3, -0.25) is 25.2 Å². The zero-order valence-electron chi connectivity index (χ0n) is 16.9. The lowest BCUT2D eigenvalue weighted by atomic mass is 10.2. The predicted octanol–water partition coefficient (Wildman–Crippen LogP) is 2.23. The summed E-state index contributed by atoms with van der Waals surface area (Å²) >= 11 is 0. The van der Waals surface area contributed by atoms with Gasteiger partial charge in [-0.05, 0) is 48.5 Å². The summed E-state index contributed by atoms with van der Waals surface area (Å²) in [5.74, 6) is -1.09. The lowest BCUT2D eigenvalue weighted by Gasteiger charge is -2.25. The third kappa shape index (κ3) is 5.04. The largest absolute Gasteiger partial charge is 0.485 e. The van der Waals surface area contributed by atoms with Crippen LogP contribution in [0.25, 0.3) is 0 Å². The topological polar surface area (TPSA) is 123 Å². The zero-order chi connectivity index (χ0) is 23.4. The van der Waals surface area contributed by atoms with E-state index in [2.05, 4.69) is 15.6 Å². The Morgan fingerprint density at radius 3 is 2.30 bits per heavy atom. The van der Waals surface area contributed by atoms with E-state index in [1.807, 2.05) is 0 Å². The molecule has 170 valence electrons. The smallest absolute Gasteiger partial charge is 0.283 e. The van der Waals surface area contributed by atoms with Crippen LogP contribution in [0.4, 0.5) is 10.1 Å². The van der Waals surface area contributed by atoms with Crippen molar-refractivity contribution in [2.24, 2.45) is 0 Å². The number of amides is 2. The summed E-state index contributed by atoms with van der Waals surface area (Å²) < 4.78 is 51.6. The second kappa shape index (κ2) is 9.17.